The van der Waals surface area contributed by atoms with Crippen molar-refractivity contribution in [1.82, 2.24) is 0 Å². The fourth-order valence-electron chi connectivity index (χ4n) is 2.12. The van der Waals surface area contributed by atoms with Gasteiger partial charge >= 0.3 is 0 Å². The summed E-state index contributed by atoms with van der Waals surface area (Å²) in [7, 11) is 0. The number of amides is 2. The van der Waals surface area contributed by atoms with E-state index in [0.717, 1.165) is 17.7 Å². The van der Waals surface area contributed by atoms with Gasteiger partial charge in [0.05, 0.1) is 6.54 Å². The van der Waals surface area contributed by atoms with E-state index in [0.29, 0.717) is 17.8 Å². The van der Waals surface area contributed by atoms with Crippen LogP contribution in [0.1, 0.15) is 22.8 Å². The molecule has 0 unspecified atom stereocenters. The van der Waals surface area contributed by atoms with Crippen LogP contribution in [-0.4, -0.2) is 18.4 Å². The third-order valence-corrected chi connectivity index (χ3v) is 3.39. The van der Waals surface area contributed by atoms with Crippen LogP contribution in [0.3, 0.4) is 0 Å². The number of benzene rings is 2. The molecule has 0 saturated heterocycles. The molecular formula is C17H17F2N3O2. The zero-order chi connectivity index (χ0) is 17.7. The van der Waals surface area contributed by atoms with Gasteiger partial charge in [0.25, 0.3) is 5.91 Å². The smallest absolute Gasteiger partial charge is 0.255 e. The largest absolute Gasteiger partial charge is 0.325 e. The van der Waals surface area contributed by atoms with Crippen LogP contribution in [0.5, 0.6) is 0 Å². The van der Waals surface area contributed by atoms with Gasteiger partial charge in [-0.15, -0.1) is 0 Å². The van der Waals surface area contributed by atoms with Crippen molar-refractivity contribution >= 4 is 23.2 Å². The third kappa shape index (κ3) is 4.14. The highest BCUT2D eigenvalue weighted by atomic mass is 19.2. The monoisotopic (exact) mass is 333 g/mol. The number of rotatable bonds is 5. The Kier molecular flexibility index (Phi) is 5.59. The first-order chi connectivity index (χ1) is 11.4. The molecule has 0 aliphatic rings. The fraction of sp³-hybridized carbons (Fsp3) is 0.176. The molecule has 2 aromatic carbocycles. The number of anilines is 2. The zero-order valence-corrected chi connectivity index (χ0v) is 13.0. The highest BCUT2D eigenvalue weighted by Gasteiger charge is 2.12. The van der Waals surface area contributed by atoms with Gasteiger partial charge in [-0.3, -0.25) is 9.59 Å². The van der Waals surface area contributed by atoms with Crippen molar-refractivity contribution in [2.45, 2.75) is 13.3 Å². The molecule has 24 heavy (non-hydrogen) atoms. The average molecular weight is 333 g/mol. The van der Waals surface area contributed by atoms with E-state index in [1.54, 1.807) is 18.2 Å². The molecule has 0 saturated carbocycles. The molecule has 126 valence electrons. The molecule has 2 amide bonds. The number of hydrogen-bond acceptors (Lipinski definition) is 3. The van der Waals surface area contributed by atoms with Crippen LogP contribution < -0.4 is 16.4 Å². The maximum absolute atomic E-state index is 13.2. The van der Waals surface area contributed by atoms with Crippen molar-refractivity contribution < 1.29 is 18.4 Å². The minimum Gasteiger partial charge on any atom is -0.325 e. The first-order valence-corrected chi connectivity index (χ1v) is 7.33. The summed E-state index contributed by atoms with van der Waals surface area (Å²) in [5.41, 5.74) is 7.10. The molecule has 7 heteroatoms. The van der Waals surface area contributed by atoms with E-state index in [9.17, 15) is 18.4 Å². The quantitative estimate of drug-likeness (QED) is 0.786. The van der Waals surface area contributed by atoms with E-state index in [1.807, 2.05) is 6.92 Å². The van der Waals surface area contributed by atoms with Crippen molar-refractivity contribution in [1.29, 1.82) is 0 Å². The molecule has 0 aliphatic carbocycles. The summed E-state index contributed by atoms with van der Waals surface area (Å²) in [5, 5.41) is 5.23. The second-order valence-corrected chi connectivity index (χ2v) is 5.06. The second kappa shape index (κ2) is 7.65. The third-order valence-electron chi connectivity index (χ3n) is 3.39. The maximum atomic E-state index is 13.2. The predicted octanol–water partition coefficient (Wildman–Crippen LogP) is 2.68. The SMILES string of the molecule is CCc1ccc(NC(=O)c2ccc(F)c(F)c2)cc1NC(=O)CN. The lowest BCUT2D eigenvalue weighted by Crippen LogP contribution is -2.22. The lowest BCUT2D eigenvalue weighted by Gasteiger charge is -2.12. The maximum Gasteiger partial charge on any atom is 0.255 e. The van der Waals surface area contributed by atoms with E-state index < -0.39 is 17.5 Å². The molecule has 0 bridgehead atoms. The number of halogens is 2. The van der Waals surface area contributed by atoms with Crippen LogP contribution >= 0.6 is 0 Å². The summed E-state index contributed by atoms with van der Waals surface area (Å²) < 4.78 is 26.1. The number of carbonyl (C=O) groups excluding carboxylic acids is 2. The standard InChI is InChI=1S/C17H17F2N3O2/c1-2-10-3-5-12(8-15(10)22-16(23)9-20)21-17(24)11-4-6-13(18)14(19)7-11/h3-8H,2,9,20H2,1H3,(H,21,24)(H,22,23). The van der Waals surface area contributed by atoms with Crippen LogP contribution in [0.4, 0.5) is 20.2 Å². The molecule has 0 aromatic heterocycles. The van der Waals surface area contributed by atoms with Crippen molar-refractivity contribution in [3.8, 4) is 0 Å². The van der Waals surface area contributed by atoms with Crippen LogP contribution in [0.25, 0.3) is 0 Å². The molecule has 0 heterocycles. The lowest BCUT2D eigenvalue weighted by molar-refractivity contribution is -0.114. The van der Waals surface area contributed by atoms with Gasteiger partial charge in [0, 0.05) is 16.9 Å². The molecule has 2 rings (SSSR count). The zero-order valence-electron chi connectivity index (χ0n) is 13.0. The minimum atomic E-state index is -1.10. The summed E-state index contributed by atoms with van der Waals surface area (Å²) in [6, 6.07) is 7.90. The van der Waals surface area contributed by atoms with Crippen LogP contribution in [0, 0.1) is 11.6 Å². The Morgan fingerprint density at radius 2 is 1.79 bits per heavy atom. The first kappa shape index (κ1) is 17.6. The van der Waals surface area contributed by atoms with Crippen molar-refractivity contribution in [2.75, 3.05) is 17.2 Å². The van der Waals surface area contributed by atoms with E-state index in [1.165, 1.54) is 6.07 Å². The molecule has 0 spiro atoms. The Bertz CT molecular complexity index is 778. The average Bonchev–Trinajstić information content (AvgIpc) is 2.57. The minimum absolute atomic E-state index is 0.0130. The van der Waals surface area contributed by atoms with Gasteiger partial charge in [-0.05, 0) is 42.3 Å². The Labute approximate surface area is 137 Å². The Hall–Kier alpha value is -2.80. The normalized spacial score (nSPS) is 10.3. The van der Waals surface area contributed by atoms with Crippen LogP contribution in [0.15, 0.2) is 36.4 Å². The molecule has 2 aromatic rings. The van der Waals surface area contributed by atoms with E-state index >= 15 is 0 Å². The van der Waals surface area contributed by atoms with Gasteiger partial charge in [0.2, 0.25) is 5.91 Å². The molecule has 4 N–H and O–H groups in total. The predicted molar refractivity (Wildman–Crippen MR) is 87.8 cm³/mol. The Balaban J connectivity index is 2.22. The number of nitrogens with two attached hydrogens (primary N) is 1. The van der Waals surface area contributed by atoms with Gasteiger partial charge in [-0.1, -0.05) is 13.0 Å². The first-order valence-electron chi connectivity index (χ1n) is 7.33. The number of carbonyl (C=O) groups is 2. The second-order valence-electron chi connectivity index (χ2n) is 5.06. The lowest BCUT2D eigenvalue weighted by atomic mass is 10.1. The highest BCUT2D eigenvalue weighted by molar-refractivity contribution is 6.04. The number of nitrogens with one attached hydrogen (secondary N) is 2. The summed E-state index contributed by atoms with van der Waals surface area (Å²) in [4.78, 5) is 23.6. The van der Waals surface area contributed by atoms with Gasteiger partial charge in [0.1, 0.15) is 0 Å². The van der Waals surface area contributed by atoms with Crippen LogP contribution in [0.2, 0.25) is 0 Å². The van der Waals surface area contributed by atoms with Gasteiger partial charge in [-0.2, -0.15) is 0 Å². The van der Waals surface area contributed by atoms with Gasteiger partial charge < -0.3 is 16.4 Å². The summed E-state index contributed by atoms with van der Waals surface area (Å²) in [6.45, 7) is 1.77. The molecule has 0 fully saturated rings. The van der Waals surface area contributed by atoms with E-state index in [2.05, 4.69) is 10.6 Å². The molecule has 0 radical (unpaired) electrons. The highest BCUT2D eigenvalue weighted by Crippen LogP contribution is 2.22. The van der Waals surface area contributed by atoms with E-state index in [4.69, 9.17) is 5.73 Å². The van der Waals surface area contributed by atoms with Crippen molar-refractivity contribution in [2.24, 2.45) is 5.73 Å². The Morgan fingerprint density at radius 3 is 2.42 bits per heavy atom. The topological polar surface area (TPSA) is 84.2 Å². The Morgan fingerprint density at radius 1 is 1.04 bits per heavy atom. The molecular weight excluding hydrogens is 316 g/mol. The molecule has 5 nitrogen and oxygen atoms in total. The fourth-order valence-corrected chi connectivity index (χ4v) is 2.12. The van der Waals surface area contributed by atoms with Crippen molar-refractivity contribution in [3.63, 3.8) is 0 Å². The molecule has 0 aliphatic heterocycles. The van der Waals surface area contributed by atoms with Crippen molar-refractivity contribution in [3.05, 3.63) is 59.2 Å². The van der Waals surface area contributed by atoms with Gasteiger partial charge in [-0.25, -0.2) is 8.78 Å². The molecule has 0 atom stereocenters. The number of aryl methyl sites for hydroxylation is 1. The van der Waals surface area contributed by atoms with Gasteiger partial charge in [0.15, 0.2) is 11.6 Å². The van der Waals surface area contributed by atoms with Crippen LogP contribution in [-0.2, 0) is 11.2 Å². The van der Waals surface area contributed by atoms with E-state index in [-0.39, 0.29) is 18.0 Å². The summed E-state index contributed by atoms with van der Waals surface area (Å²) >= 11 is 0. The summed E-state index contributed by atoms with van der Waals surface area (Å²) in [6.07, 6.45) is 0.678. The number of hydrogen-bond donors (Lipinski definition) is 3. The summed E-state index contributed by atoms with van der Waals surface area (Å²) in [5.74, 6) is -3.06.